The lowest BCUT2D eigenvalue weighted by Gasteiger charge is -2.27. The summed E-state index contributed by atoms with van der Waals surface area (Å²) in [4.78, 5) is 0. The minimum absolute atomic E-state index is 0.711. The van der Waals surface area contributed by atoms with E-state index < -0.39 is 0 Å². The molecule has 10 heavy (non-hydrogen) atoms. The van der Waals surface area contributed by atoms with Crippen LogP contribution in [0.2, 0.25) is 0 Å². The molecule has 0 aromatic carbocycles. The maximum Gasteiger partial charge on any atom is 0.00732 e. The molecule has 2 rings (SSSR count). The first-order valence-electron chi connectivity index (χ1n) is 4.52. The van der Waals surface area contributed by atoms with E-state index in [2.05, 4.69) is 12.6 Å². The van der Waals surface area contributed by atoms with Gasteiger partial charge in [-0.05, 0) is 31.1 Å². The van der Waals surface area contributed by atoms with Gasteiger partial charge in [-0.15, -0.1) is 0 Å². The monoisotopic (exact) mass is 156 g/mol. The van der Waals surface area contributed by atoms with Crippen LogP contribution in [-0.2, 0) is 0 Å². The van der Waals surface area contributed by atoms with Gasteiger partial charge in [-0.3, -0.25) is 0 Å². The SMILES string of the molecule is SC1CCCC12CCCC2. The van der Waals surface area contributed by atoms with Gasteiger partial charge in [0.25, 0.3) is 0 Å². The van der Waals surface area contributed by atoms with Crippen molar-refractivity contribution in [1.29, 1.82) is 0 Å². The largest absolute Gasteiger partial charge is 0.175 e. The lowest BCUT2D eigenvalue weighted by molar-refractivity contribution is 0.320. The molecule has 0 radical (unpaired) electrons. The van der Waals surface area contributed by atoms with Crippen LogP contribution in [0, 0.1) is 5.41 Å². The Morgan fingerprint density at radius 1 is 1.00 bits per heavy atom. The molecule has 1 atom stereocenters. The van der Waals surface area contributed by atoms with Gasteiger partial charge >= 0.3 is 0 Å². The highest BCUT2D eigenvalue weighted by atomic mass is 32.1. The van der Waals surface area contributed by atoms with Gasteiger partial charge in [0.15, 0.2) is 0 Å². The Kier molecular flexibility index (Phi) is 1.71. The third-order valence-corrected chi connectivity index (χ3v) is 4.26. The van der Waals surface area contributed by atoms with Gasteiger partial charge in [0.05, 0.1) is 0 Å². The van der Waals surface area contributed by atoms with Crippen LogP contribution in [0.25, 0.3) is 0 Å². The van der Waals surface area contributed by atoms with E-state index in [-0.39, 0.29) is 0 Å². The van der Waals surface area contributed by atoms with E-state index >= 15 is 0 Å². The maximum absolute atomic E-state index is 4.67. The zero-order valence-corrected chi connectivity index (χ0v) is 7.37. The molecule has 2 aliphatic rings. The number of hydrogen-bond acceptors (Lipinski definition) is 1. The highest BCUT2D eigenvalue weighted by Crippen LogP contribution is 2.52. The van der Waals surface area contributed by atoms with Crippen LogP contribution in [0.4, 0.5) is 0 Å². The molecule has 2 aliphatic carbocycles. The third kappa shape index (κ3) is 0.903. The Labute approximate surface area is 68.8 Å². The van der Waals surface area contributed by atoms with E-state index in [1.54, 1.807) is 0 Å². The highest BCUT2D eigenvalue weighted by Gasteiger charge is 2.42. The Hall–Kier alpha value is 0.350. The van der Waals surface area contributed by atoms with Gasteiger partial charge in [0.1, 0.15) is 0 Å². The summed E-state index contributed by atoms with van der Waals surface area (Å²) in [6.07, 6.45) is 10.2. The van der Waals surface area contributed by atoms with Crippen LogP contribution in [0.15, 0.2) is 0 Å². The number of thiol groups is 1. The first kappa shape index (κ1) is 7.02. The molecule has 0 N–H and O–H groups in total. The van der Waals surface area contributed by atoms with Crippen molar-refractivity contribution in [1.82, 2.24) is 0 Å². The predicted octanol–water partition coefficient (Wildman–Crippen LogP) is 3.03. The van der Waals surface area contributed by atoms with Gasteiger partial charge in [0.2, 0.25) is 0 Å². The topological polar surface area (TPSA) is 0 Å². The summed E-state index contributed by atoms with van der Waals surface area (Å²) in [5.41, 5.74) is 0.711. The number of hydrogen-bond donors (Lipinski definition) is 1. The minimum Gasteiger partial charge on any atom is -0.175 e. The first-order chi connectivity index (χ1) is 4.83. The Bertz CT molecular complexity index is 119. The van der Waals surface area contributed by atoms with Crippen molar-refractivity contribution < 1.29 is 0 Å². The molecule has 1 heteroatoms. The van der Waals surface area contributed by atoms with Crippen molar-refractivity contribution in [2.45, 2.75) is 50.2 Å². The summed E-state index contributed by atoms with van der Waals surface area (Å²) >= 11 is 4.67. The fourth-order valence-corrected chi connectivity index (χ4v) is 3.35. The van der Waals surface area contributed by atoms with Gasteiger partial charge in [-0.2, -0.15) is 12.6 Å². The predicted molar refractivity (Wildman–Crippen MR) is 47.5 cm³/mol. The average molecular weight is 156 g/mol. The summed E-state index contributed by atoms with van der Waals surface area (Å²) < 4.78 is 0. The molecule has 0 aromatic heterocycles. The van der Waals surface area contributed by atoms with Crippen molar-refractivity contribution in [3.8, 4) is 0 Å². The molecule has 0 bridgehead atoms. The highest BCUT2D eigenvalue weighted by molar-refractivity contribution is 7.81. The normalized spacial score (nSPS) is 37.5. The zero-order chi connectivity index (χ0) is 7.03. The van der Waals surface area contributed by atoms with Crippen molar-refractivity contribution in [3.63, 3.8) is 0 Å². The van der Waals surface area contributed by atoms with Crippen molar-refractivity contribution in [3.05, 3.63) is 0 Å². The van der Waals surface area contributed by atoms with E-state index in [0.717, 1.165) is 5.25 Å². The van der Waals surface area contributed by atoms with E-state index in [0.29, 0.717) is 5.41 Å². The van der Waals surface area contributed by atoms with Gasteiger partial charge in [-0.1, -0.05) is 19.3 Å². The minimum atomic E-state index is 0.711. The van der Waals surface area contributed by atoms with Crippen LogP contribution in [0.3, 0.4) is 0 Å². The number of rotatable bonds is 0. The maximum atomic E-state index is 4.67. The second-order valence-electron chi connectivity index (χ2n) is 3.98. The molecular formula is C9H16S. The molecule has 1 spiro atoms. The molecule has 0 nitrogen and oxygen atoms in total. The second kappa shape index (κ2) is 2.44. The van der Waals surface area contributed by atoms with Crippen molar-refractivity contribution in [2.24, 2.45) is 5.41 Å². The summed E-state index contributed by atoms with van der Waals surface area (Å²) in [5.74, 6) is 0. The molecule has 0 amide bonds. The van der Waals surface area contributed by atoms with Gasteiger partial charge < -0.3 is 0 Å². The van der Waals surface area contributed by atoms with Crippen LogP contribution in [0.5, 0.6) is 0 Å². The van der Waals surface area contributed by atoms with E-state index in [9.17, 15) is 0 Å². The molecule has 0 aliphatic heterocycles. The first-order valence-corrected chi connectivity index (χ1v) is 5.03. The molecular weight excluding hydrogens is 140 g/mol. The fraction of sp³-hybridized carbons (Fsp3) is 1.00. The molecule has 0 heterocycles. The summed E-state index contributed by atoms with van der Waals surface area (Å²) in [7, 11) is 0. The van der Waals surface area contributed by atoms with Crippen LogP contribution < -0.4 is 0 Å². The lowest BCUT2D eigenvalue weighted by Crippen LogP contribution is -2.21. The van der Waals surface area contributed by atoms with Crippen LogP contribution in [0.1, 0.15) is 44.9 Å². The van der Waals surface area contributed by atoms with Crippen LogP contribution >= 0.6 is 12.6 Å². The molecule has 58 valence electrons. The molecule has 1 unspecified atom stereocenters. The lowest BCUT2D eigenvalue weighted by atomic mass is 9.84. The average Bonchev–Trinajstić information content (AvgIpc) is 2.48. The van der Waals surface area contributed by atoms with Gasteiger partial charge in [0, 0.05) is 5.25 Å². The third-order valence-electron chi connectivity index (χ3n) is 3.46. The zero-order valence-electron chi connectivity index (χ0n) is 6.47. The Balaban J connectivity index is 2.11. The second-order valence-corrected chi connectivity index (χ2v) is 4.60. The smallest absolute Gasteiger partial charge is 0.00732 e. The summed E-state index contributed by atoms with van der Waals surface area (Å²) in [5, 5.41) is 0.745. The van der Waals surface area contributed by atoms with E-state index in [1.807, 2.05) is 0 Å². The standard InChI is InChI=1S/C9H16S/c10-8-4-3-7-9(8)5-1-2-6-9/h8,10H,1-7H2. The van der Waals surface area contributed by atoms with Crippen LogP contribution in [-0.4, -0.2) is 5.25 Å². The molecule has 2 saturated carbocycles. The molecule has 0 aromatic rings. The Morgan fingerprint density at radius 3 is 2.10 bits per heavy atom. The molecule has 2 fully saturated rings. The Morgan fingerprint density at radius 2 is 1.60 bits per heavy atom. The van der Waals surface area contributed by atoms with Crippen molar-refractivity contribution >= 4 is 12.6 Å². The summed E-state index contributed by atoms with van der Waals surface area (Å²) in [6.45, 7) is 0. The summed E-state index contributed by atoms with van der Waals surface area (Å²) in [6, 6.07) is 0. The molecule has 0 saturated heterocycles. The van der Waals surface area contributed by atoms with E-state index in [4.69, 9.17) is 0 Å². The van der Waals surface area contributed by atoms with Gasteiger partial charge in [-0.25, -0.2) is 0 Å². The quantitative estimate of drug-likeness (QED) is 0.512. The van der Waals surface area contributed by atoms with E-state index in [1.165, 1.54) is 44.9 Å². The van der Waals surface area contributed by atoms with Crippen molar-refractivity contribution in [2.75, 3.05) is 0 Å². The fourth-order valence-electron chi connectivity index (χ4n) is 2.78.